The van der Waals surface area contributed by atoms with Gasteiger partial charge in [-0.15, -0.1) is 0 Å². The summed E-state index contributed by atoms with van der Waals surface area (Å²) in [6.07, 6.45) is 2.25. The van der Waals surface area contributed by atoms with E-state index in [4.69, 9.17) is 16.7 Å². The van der Waals surface area contributed by atoms with Crippen LogP contribution in [0.3, 0.4) is 0 Å². The molecule has 1 aromatic rings. The Morgan fingerprint density at radius 2 is 2.00 bits per heavy atom. The zero-order valence-electron chi connectivity index (χ0n) is 12.3. The quantitative estimate of drug-likeness (QED) is 0.802. The molecule has 2 N–H and O–H groups in total. The second-order valence-electron chi connectivity index (χ2n) is 4.90. The summed E-state index contributed by atoms with van der Waals surface area (Å²) in [7, 11) is -3.80. The van der Waals surface area contributed by atoms with Gasteiger partial charge in [0, 0.05) is 11.1 Å². The minimum absolute atomic E-state index is 0.0815. The lowest BCUT2D eigenvalue weighted by Crippen LogP contribution is -2.34. The molecular formula is C14H20ClNO4S. The second-order valence-corrected chi connectivity index (χ2v) is 7.02. The third-order valence-electron chi connectivity index (χ3n) is 3.30. The molecule has 0 spiro atoms. The summed E-state index contributed by atoms with van der Waals surface area (Å²) in [4.78, 5) is 11.1. The zero-order chi connectivity index (χ0) is 16.2. The van der Waals surface area contributed by atoms with Crippen LogP contribution in [0.15, 0.2) is 17.0 Å². The van der Waals surface area contributed by atoms with E-state index in [1.165, 1.54) is 19.1 Å². The maximum atomic E-state index is 12.5. The maximum Gasteiger partial charge on any atom is 0.336 e. The van der Waals surface area contributed by atoms with Crippen LogP contribution in [0.5, 0.6) is 0 Å². The molecule has 5 nitrogen and oxygen atoms in total. The molecule has 0 aliphatic heterocycles. The summed E-state index contributed by atoms with van der Waals surface area (Å²) < 4.78 is 27.5. The fraction of sp³-hybridized carbons (Fsp3) is 0.500. The molecule has 1 rings (SSSR count). The van der Waals surface area contributed by atoms with Gasteiger partial charge in [-0.1, -0.05) is 31.9 Å². The number of hydrogen-bond acceptors (Lipinski definition) is 3. The Morgan fingerprint density at radius 3 is 2.48 bits per heavy atom. The molecule has 1 aromatic carbocycles. The van der Waals surface area contributed by atoms with Crippen LogP contribution in [-0.4, -0.2) is 25.5 Å². The van der Waals surface area contributed by atoms with E-state index in [0.717, 1.165) is 12.8 Å². The van der Waals surface area contributed by atoms with E-state index >= 15 is 0 Å². The lowest BCUT2D eigenvalue weighted by Gasteiger charge is -2.18. The number of hydrogen-bond donors (Lipinski definition) is 2. The molecule has 21 heavy (non-hydrogen) atoms. The normalized spacial score (nSPS) is 13.1. The molecule has 1 atom stereocenters. The highest BCUT2D eigenvalue weighted by molar-refractivity contribution is 7.89. The fourth-order valence-corrected chi connectivity index (χ4v) is 4.06. The van der Waals surface area contributed by atoms with Gasteiger partial charge in [0.05, 0.1) is 10.5 Å². The summed E-state index contributed by atoms with van der Waals surface area (Å²) in [6, 6.07) is 2.36. The Morgan fingerprint density at radius 1 is 1.38 bits per heavy atom. The van der Waals surface area contributed by atoms with E-state index < -0.39 is 16.0 Å². The van der Waals surface area contributed by atoms with Crippen LogP contribution in [0.2, 0.25) is 5.02 Å². The highest BCUT2D eigenvalue weighted by atomic mass is 35.5. The van der Waals surface area contributed by atoms with Crippen molar-refractivity contribution in [1.29, 1.82) is 0 Å². The highest BCUT2D eigenvalue weighted by Gasteiger charge is 2.24. The third kappa shape index (κ3) is 4.43. The van der Waals surface area contributed by atoms with Crippen molar-refractivity contribution in [2.75, 3.05) is 0 Å². The van der Waals surface area contributed by atoms with Crippen LogP contribution in [0.1, 0.15) is 49.0 Å². The summed E-state index contributed by atoms with van der Waals surface area (Å²) in [5, 5.41) is 9.20. The number of carbonyl (C=O) groups is 1. The number of aromatic carboxylic acids is 1. The molecule has 0 saturated heterocycles. The van der Waals surface area contributed by atoms with Gasteiger partial charge in [0.25, 0.3) is 0 Å². The smallest absolute Gasteiger partial charge is 0.336 e. The molecule has 1 unspecified atom stereocenters. The van der Waals surface area contributed by atoms with E-state index in [0.29, 0.717) is 6.42 Å². The number of rotatable bonds is 7. The summed E-state index contributed by atoms with van der Waals surface area (Å²) >= 11 is 5.85. The van der Waals surface area contributed by atoms with E-state index in [9.17, 15) is 13.2 Å². The highest BCUT2D eigenvalue weighted by Crippen LogP contribution is 2.25. The van der Waals surface area contributed by atoms with Crippen molar-refractivity contribution in [3.8, 4) is 0 Å². The van der Waals surface area contributed by atoms with Crippen LogP contribution in [0.4, 0.5) is 0 Å². The first-order chi connectivity index (χ1) is 9.72. The van der Waals surface area contributed by atoms with Crippen molar-refractivity contribution in [2.45, 2.75) is 51.0 Å². The number of sulfonamides is 1. The van der Waals surface area contributed by atoms with Gasteiger partial charge in [-0.3, -0.25) is 0 Å². The van der Waals surface area contributed by atoms with Crippen LogP contribution in [0.25, 0.3) is 0 Å². The van der Waals surface area contributed by atoms with Gasteiger partial charge in [0.2, 0.25) is 10.0 Å². The molecule has 7 heteroatoms. The fourth-order valence-electron chi connectivity index (χ4n) is 2.13. The molecule has 0 fully saturated rings. The predicted molar refractivity (Wildman–Crippen MR) is 82.5 cm³/mol. The van der Waals surface area contributed by atoms with Crippen LogP contribution in [0, 0.1) is 6.92 Å². The van der Waals surface area contributed by atoms with Crippen LogP contribution < -0.4 is 4.72 Å². The number of halogens is 1. The first-order valence-corrected chi connectivity index (χ1v) is 8.64. The molecule has 0 aromatic heterocycles. The molecule has 0 bridgehead atoms. The molecule has 118 valence electrons. The zero-order valence-corrected chi connectivity index (χ0v) is 13.9. The van der Waals surface area contributed by atoms with Crippen LogP contribution >= 0.6 is 11.6 Å². The minimum Gasteiger partial charge on any atom is -0.478 e. The summed E-state index contributed by atoms with van der Waals surface area (Å²) in [6.45, 7) is 5.34. The molecule has 0 heterocycles. The topological polar surface area (TPSA) is 83.5 Å². The Bertz CT molecular complexity index is 628. The first-order valence-electron chi connectivity index (χ1n) is 6.78. The number of carboxylic acid groups (broad SMARTS) is 1. The Labute approximate surface area is 130 Å². The first kappa shape index (κ1) is 17.9. The van der Waals surface area contributed by atoms with Gasteiger partial charge in [-0.05, 0) is 37.5 Å². The monoisotopic (exact) mass is 333 g/mol. The summed E-state index contributed by atoms with van der Waals surface area (Å²) in [5.41, 5.74) is 0.0807. The van der Waals surface area contributed by atoms with Crippen molar-refractivity contribution in [2.24, 2.45) is 0 Å². The van der Waals surface area contributed by atoms with Crippen molar-refractivity contribution in [3.63, 3.8) is 0 Å². The van der Waals surface area contributed by atoms with Crippen molar-refractivity contribution in [1.82, 2.24) is 4.72 Å². The van der Waals surface area contributed by atoms with Crippen molar-refractivity contribution in [3.05, 3.63) is 28.3 Å². The Kier molecular flexibility index (Phi) is 6.19. The minimum atomic E-state index is -3.80. The van der Waals surface area contributed by atoms with Crippen molar-refractivity contribution >= 4 is 27.6 Å². The van der Waals surface area contributed by atoms with Crippen LogP contribution in [-0.2, 0) is 10.0 Å². The Hall–Kier alpha value is -1.11. The van der Waals surface area contributed by atoms with E-state index in [1.54, 1.807) is 0 Å². The molecule has 0 aliphatic rings. The average molecular weight is 334 g/mol. The Balaban J connectivity index is 3.28. The lowest BCUT2D eigenvalue weighted by molar-refractivity contribution is 0.0696. The SMILES string of the molecule is CCCC(CC)NS(=O)(=O)c1cc(Cl)cc(C(=O)O)c1C. The molecule has 0 saturated carbocycles. The number of benzene rings is 1. The van der Waals surface area contributed by atoms with Gasteiger partial charge < -0.3 is 5.11 Å². The lowest BCUT2D eigenvalue weighted by atomic mass is 10.1. The van der Waals surface area contributed by atoms with Gasteiger partial charge in [-0.25, -0.2) is 17.9 Å². The molecule has 0 amide bonds. The third-order valence-corrected chi connectivity index (χ3v) is 5.16. The summed E-state index contributed by atoms with van der Waals surface area (Å²) in [5.74, 6) is -1.20. The van der Waals surface area contributed by atoms with E-state index in [1.807, 2.05) is 13.8 Å². The average Bonchev–Trinajstić information content (AvgIpc) is 2.39. The largest absolute Gasteiger partial charge is 0.478 e. The maximum absolute atomic E-state index is 12.5. The predicted octanol–water partition coefficient (Wildman–Crippen LogP) is 3.20. The molecular weight excluding hydrogens is 314 g/mol. The standard InChI is InChI=1S/C14H20ClNO4S/c1-4-6-11(5-2)16-21(19,20)13-8-10(15)7-12(9(13)3)14(17)18/h7-8,11,16H,4-6H2,1-3H3,(H,17,18). The van der Waals surface area contributed by atoms with Gasteiger partial charge in [-0.2, -0.15) is 0 Å². The van der Waals surface area contributed by atoms with E-state index in [-0.39, 0.29) is 27.1 Å². The molecule has 0 radical (unpaired) electrons. The number of nitrogens with one attached hydrogen (secondary N) is 1. The number of carboxylic acids is 1. The van der Waals surface area contributed by atoms with Crippen molar-refractivity contribution < 1.29 is 18.3 Å². The molecule has 0 aliphatic carbocycles. The second kappa shape index (κ2) is 7.24. The van der Waals surface area contributed by atoms with E-state index in [2.05, 4.69) is 4.72 Å². The van der Waals surface area contributed by atoms with Gasteiger partial charge in [0.15, 0.2) is 0 Å². The van der Waals surface area contributed by atoms with Gasteiger partial charge >= 0.3 is 5.97 Å². The van der Waals surface area contributed by atoms with Gasteiger partial charge in [0.1, 0.15) is 0 Å².